The smallest absolute Gasteiger partial charge is 0.243 e. The lowest BCUT2D eigenvalue weighted by atomic mass is 10.0. The molecule has 9 nitrogen and oxygen atoms in total. The van der Waals surface area contributed by atoms with Gasteiger partial charge in [-0.15, -0.1) is 0 Å². The fraction of sp³-hybridized carbons (Fsp3) is 0.467. The van der Waals surface area contributed by atoms with Gasteiger partial charge in [-0.05, 0) is 17.7 Å². The highest BCUT2D eigenvalue weighted by Gasteiger charge is 2.25. The molecule has 0 unspecified atom stereocenters. The Labute approximate surface area is 137 Å². The molecule has 2 N–H and O–H groups in total. The number of fused-ring (bicyclic) bond motifs is 3. The van der Waals surface area contributed by atoms with Crippen LogP contribution in [-0.4, -0.2) is 41.0 Å². The maximum absolute atomic E-state index is 10.9. The molecule has 2 atom stereocenters. The van der Waals surface area contributed by atoms with E-state index in [0.717, 1.165) is 22.2 Å². The molecular weight excluding hydrogens is 312 g/mol. The molecule has 2 heterocycles. The van der Waals surface area contributed by atoms with E-state index in [1.54, 1.807) is 6.20 Å². The molecule has 1 aromatic heterocycles. The molecule has 1 aromatic carbocycles. The van der Waals surface area contributed by atoms with Crippen molar-refractivity contribution in [2.24, 2.45) is 10.8 Å². The van der Waals surface area contributed by atoms with Crippen LogP contribution in [0.2, 0.25) is 0 Å². The Morgan fingerprint density at radius 2 is 2.50 bits per heavy atom. The maximum atomic E-state index is 10.9. The van der Waals surface area contributed by atoms with Crippen molar-refractivity contribution >= 4 is 16.8 Å². The first-order valence-corrected chi connectivity index (χ1v) is 7.62. The van der Waals surface area contributed by atoms with Crippen molar-refractivity contribution in [1.82, 2.24) is 9.78 Å². The Kier molecular flexibility index (Phi) is 4.54. The van der Waals surface area contributed by atoms with Gasteiger partial charge in [-0.1, -0.05) is 12.0 Å². The zero-order chi connectivity index (χ0) is 17.1. The molecule has 0 aliphatic carbocycles. The van der Waals surface area contributed by atoms with Gasteiger partial charge < -0.3 is 15.2 Å². The number of hydrogen-bond donors (Lipinski definition) is 1. The van der Waals surface area contributed by atoms with E-state index >= 15 is 0 Å². The lowest BCUT2D eigenvalue weighted by Crippen LogP contribution is -2.32. The Balaban J connectivity index is 1.92. The highest BCUT2D eigenvalue weighted by atomic mass is 16.5. The number of nitrogens with two attached hydrogens (primary N) is 1. The summed E-state index contributed by atoms with van der Waals surface area (Å²) in [5.74, 6) is 0.270. The minimum Gasteiger partial charge on any atom is -0.491 e. The monoisotopic (exact) mass is 330 g/mol. The third-order valence-electron chi connectivity index (χ3n) is 3.87. The number of amides is 1. The van der Waals surface area contributed by atoms with Crippen LogP contribution in [0.3, 0.4) is 0 Å². The van der Waals surface area contributed by atoms with E-state index < -0.39 is 5.91 Å². The van der Waals surface area contributed by atoms with Gasteiger partial charge in [-0.3, -0.25) is 9.48 Å². The van der Waals surface area contributed by atoms with Gasteiger partial charge in [-0.2, -0.15) is 5.10 Å². The molecule has 126 valence electrons. The van der Waals surface area contributed by atoms with Crippen LogP contribution in [0.4, 0.5) is 0 Å². The average Bonchev–Trinajstić information content (AvgIpc) is 2.96. The Morgan fingerprint density at radius 1 is 1.67 bits per heavy atom. The minimum atomic E-state index is -0.507. The summed E-state index contributed by atoms with van der Waals surface area (Å²) in [5, 5.41) is 9.06. The van der Waals surface area contributed by atoms with Crippen LogP contribution in [-0.2, 0) is 22.5 Å². The molecule has 1 aliphatic heterocycles. The summed E-state index contributed by atoms with van der Waals surface area (Å²) in [6.45, 7) is 2.54. The van der Waals surface area contributed by atoms with Crippen LogP contribution in [0.25, 0.3) is 21.3 Å². The number of carbonyl (C=O) groups excluding carboxylic acids is 1. The molecule has 1 amide bonds. The van der Waals surface area contributed by atoms with Crippen LogP contribution in [0, 0.1) is 0 Å². The highest BCUT2D eigenvalue weighted by molar-refractivity contribution is 5.84. The SMILES string of the molecule is C[C@@H](Cn1ncc2ccc3c(c21)C[C@@H](OCC(N)=O)CO3)N=[N+]=[N-]. The summed E-state index contributed by atoms with van der Waals surface area (Å²) in [6.07, 6.45) is 2.13. The van der Waals surface area contributed by atoms with Crippen LogP contribution in [0.1, 0.15) is 12.5 Å². The number of primary amides is 1. The molecular formula is C15H18N6O3. The van der Waals surface area contributed by atoms with Crippen molar-refractivity contribution in [3.05, 3.63) is 34.3 Å². The predicted molar refractivity (Wildman–Crippen MR) is 86.5 cm³/mol. The van der Waals surface area contributed by atoms with Gasteiger partial charge in [0.1, 0.15) is 19.0 Å². The van der Waals surface area contributed by atoms with E-state index in [-0.39, 0.29) is 18.8 Å². The summed E-state index contributed by atoms with van der Waals surface area (Å²) in [4.78, 5) is 13.7. The summed E-state index contributed by atoms with van der Waals surface area (Å²) in [6, 6.07) is 3.63. The zero-order valence-corrected chi connectivity index (χ0v) is 13.3. The molecule has 0 bridgehead atoms. The van der Waals surface area contributed by atoms with Crippen LogP contribution in [0.15, 0.2) is 23.4 Å². The largest absolute Gasteiger partial charge is 0.491 e. The zero-order valence-electron chi connectivity index (χ0n) is 13.3. The van der Waals surface area contributed by atoms with E-state index in [1.165, 1.54) is 0 Å². The number of benzene rings is 1. The Bertz CT molecular complexity index is 811. The predicted octanol–water partition coefficient (Wildman–Crippen LogP) is 1.54. The Hall–Kier alpha value is -2.77. The molecule has 0 saturated carbocycles. The van der Waals surface area contributed by atoms with Gasteiger partial charge in [-0.25, -0.2) is 0 Å². The van der Waals surface area contributed by atoms with E-state index in [1.807, 2.05) is 23.7 Å². The number of ether oxygens (including phenoxy) is 2. The van der Waals surface area contributed by atoms with Crippen molar-refractivity contribution in [2.45, 2.75) is 32.0 Å². The standard InChI is InChI=1S/C15H18N6O3/c1-9(19-20-17)6-21-15-10(5-18-21)2-3-13-12(15)4-11(7-24-13)23-8-14(16)22/h2-3,5,9,11H,4,6-8H2,1H3,(H2,16,22)/t9-,11+/m0/s1. The fourth-order valence-corrected chi connectivity index (χ4v) is 2.86. The molecule has 2 aromatic rings. The van der Waals surface area contributed by atoms with Crippen molar-refractivity contribution < 1.29 is 14.3 Å². The van der Waals surface area contributed by atoms with E-state index in [4.69, 9.17) is 20.7 Å². The second-order valence-electron chi connectivity index (χ2n) is 5.78. The topological polar surface area (TPSA) is 128 Å². The van der Waals surface area contributed by atoms with Crippen molar-refractivity contribution in [1.29, 1.82) is 0 Å². The second-order valence-corrected chi connectivity index (χ2v) is 5.78. The first-order chi connectivity index (χ1) is 11.6. The minimum absolute atomic E-state index is 0.132. The summed E-state index contributed by atoms with van der Waals surface area (Å²) in [5.41, 5.74) is 15.6. The van der Waals surface area contributed by atoms with Gasteiger partial charge in [0.15, 0.2) is 0 Å². The number of nitrogens with zero attached hydrogens (tertiary/aromatic N) is 5. The molecule has 0 saturated heterocycles. The number of carbonyl (C=O) groups is 1. The third-order valence-corrected chi connectivity index (χ3v) is 3.87. The van der Waals surface area contributed by atoms with Crippen LogP contribution >= 0.6 is 0 Å². The summed E-state index contributed by atoms with van der Waals surface area (Å²) in [7, 11) is 0. The average molecular weight is 330 g/mol. The van der Waals surface area contributed by atoms with Crippen LogP contribution in [0.5, 0.6) is 5.75 Å². The third kappa shape index (κ3) is 3.27. The number of rotatable bonds is 6. The normalized spacial score (nSPS) is 17.6. The maximum Gasteiger partial charge on any atom is 0.243 e. The lowest BCUT2D eigenvalue weighted by Gasteiger charge is -2.26. The molecule has 0 radical (unpaired) electrons. The first kappa shape index (κ1) is 16.1. The first-order valence-electron chi connectivity index (χ1n) is 7.62. The number of hydrogen-bond acceptors (Lipinski definition) is 5. The molecule has 3 rings (SSSR count). The van der Waals surface area contributed by atoms with E-state index in [2.05, 4.69) is 15.1 Å². The van der Waals surface area contributed by atoms with Gasteiger partial charge >= 0.3 is 0 Å². The summed E-state index contributed by atoms with van der Waals surface area (Å²) < 4.78 is 13.1. The number of aromatic nitrogens is 2. The van der Waals surface area contributed by atoms with Gasteiger partial charge in [0, 0.05) is 28.8 Å². The van der Waals surface area contributed by atoms with Gasteiger partial charge in [0.2, 0.25) is 5.91 Å². The summed E-state index contributed by atoms with van der Waals surface area (Å²) >= 11 is 0. The van der Waals surface area contributed by atoms with E-state index in [0.29, 0.717) is 19.6 Å². The molecule has 0 spiro atoms. The molecule has 24 heavy (non-hydrogen) atoms. The quantitative estimate of drug-likeness (QED) is 0.489. The van der Waals surface area contributed by atoms with E-state index in [9.17, 15) is 4.79 Å². The lowest BCUT2D eigenvalue weighted by molar-refractivity contribution is -0.125. The fourth-order valence-electron chi connectivity index (χ4n) is 2.86. The molecule has 1 aliphatic rings. The molecule has 0 fully saturated rings. The van der Waals surface area contributed by atoms with Crippen molar-refractivity contribution in [3.8, 4) is 5.75 Å². The number of azide groups is 1. The van der Waals surface area contributed by atoms with Crippen molar-refractivity contribution in [2.75, 3.05) is 13.2 Å². The second kappa shape index (κ2) is 6.77. The van der Waals surface area contributed by atoms with Gasteiger partial charge in [0.25, 0.3) is 0 Å². The van der Waals surface area contributed by atoms with Crippen LogP contribution < -0.4 is 10.5 Å². The van der Waals surface area contributed by atoms with Crippen molar-refractivity contribution in [3.63, 3.8) is 0 Å². The highest BCUT2D eigenvalue weighted by Crippen LogP contribution is 2.33. The van der Waals surface area contributed by atoms with Gasteiger partial charge in [0.05, 0.1) is 23.9 Å². The molecule has 9 heteroatoms. The Morgan fingerprint density at radius 3 is 3.25 bits per heavy atom.